The lowest BCUT2D eigenvalue weighted by Gasteiger charge is -2.33. The fraction of sp³-hybridized carbons (Fsp3) is 0.438. The van der Waals surface area contributed by atoms with Crippen molar-refractivity contribution in [2.24, 2.45) is 0 Å². The summed E-state index contributed by atoms with van der Waals surface area (Å²) in [7, 11) is 3.27. The van der Waals surface area contributed by atoms with E-state index in [0.717, 1.165) is 25.1 Å². The van der Waals surface area contributed by atoms with Gasteiger partial charge in [-0.05, 0) is 31.0 Å². The minimum Gasteiger partial charge on any atom is -0.358 e. The summed E-state index contributed by atoms with van der Waals surface area (Å²) in [6, 6.07) is 5.15. The summed E-state index contributed by atoms with van der Waals surface area (Å²) in [6.07, 6.45) is 1.85. The van der Waals surface area contributed by atoms with Crippen LogP contribution in [0.2, 0.25) is 0 Å². The van der Waals surface area contributed by atoms with Crippen LogP contribution >= 0.6 is 0 Å². The summed E-state index contributed by atoms with van der Waals surface area (Å²) in [5.41, 5.74) is 2.03. The maximum Gasteiger partial charge on any atom is 0.251 e. The van der Waals surface area contributed by atoms with Gasteiger partial charge in [-0.15, -0.1) is 0 Å². The highest BCUT2D eigenvalue weighted by Gasteiger charge is 2.36. The van der Waals surface area contributed by atoms with Crippen molar-refractivity contribution in [2.75, 3.05) is 37.4 Å². The normalized spacial score (nSPS) is 18.8. The molecule has 2 aliphatic rings. The molecule has 7 heteroatoms. The molecule has 0 spiro atoms. The van der Waals surface area contributed by atoms with Gasteiger partial charge in [0.05, 0.1) is 17.9 Å². The Morgan fingerprint density at radius 3 is 2.91 bits per heavy atom. The SMILES string of the molecule is CN(C)C(=O)CNC(=O)c1ccc2c(c1)NC(=O)[C@@H]1CCCN21. The van der Waals surface area contributed by atoms with E-state index >= 15 is 0 Å². The van der Waals surface area contributed by atoms with Gasteiger partial charge in [-0.2, -0.15) is 0 Å². The smallest absolute Gasteiger partial charge is 0.251 e. The van der Waals surface area contributed by atoms with Crippen LogP contribution in [0.15, 0.2) is 18.2 Å². The van der Waals surface area contributed by atoms with Gasteiger partial charge in [-0.3, -0.25) is 14.4 Å². The zero-order valence-electron chi connectivity index (χ0n) is 13.3. The van der Waals surface area contributed by atoms with Gasteiger partial charge in [0.2, 0.25) is 11.8 Å². The van der Waals surface area contributed by atoms with E-state index < -0.39 is 0 Å². The molecule has 0 aliphatic carbocycles. The molecule has 1 atom stereocenters. The molecule has 0 bridgehead atoms. The Balaban J connectivity index is 1.76. The molecule has 1 aromatic rings. The summed E-state index contributed by atoms with van der Waals surface area (Å²) in [4.78, 5) is 39.3. The standard InChI is InChI=1S/C16H20N4O3/c1-19(2)14(21)9-17-15(22)10-5-6-12-11(8-10)18-16(23)13-4-3-7-20(12)13/h5-6,8,13H,3-4,7,9H2,1-2H3,(H,17,22)(H,18,23)/t13-/m0/s1. The summed E-state index contributed by atoms with van der Waals surface area (Å²) < 4.78 is 0. The predicted octanol–water partition coefficient (Wildman–Crippen LogP) is 0.425. The molecule has 122 valence electrons. The molecule has 0 unspecified atom stereocenters. The highest BCUT2D eigenvalue weighted by Crippen LogP contribution is 2.37. The first-order valence-corrected chi connectivity index (χ1v) is 7.67. The second-order valence-electron chi connectivity index (χ2n) is 6.04. The molecule has 0 aromatic heterocycles. The zero-order chi connectivity index (χ0) is 16.6. The topological polar surface area (TPSA) is 81.8 Å². The average Bonchev–Trinajstić information content (AvgIpc) is 3.02. The number of fused-ring (bicyclic) bond motifs is 3. The van der Waals surface area contributed by atoms with Crippen molar-refractivity contribution in [3.8, 4) is 0 Å². The molecule has 2 aliphatic heterocycles. The number of nitrogens with zero attached hydrogens (tertiary/aromatic N) is 2. The summed E-state index contributed by atoms with van der Waals surface area (Å²) >= 11 is 0. The molecular formula is C16H20N4O3. The number of likely N-dealkylation sites (N-methyl/N-ethyl adjacent to an activating group) is 1. The lowest BCUT2D eigenvalue weighted by atomic mass is 10.1. The van der Waals surface area contributed by atoms with Crippen LogP contribution < -0.4 is 15.5 Å². The Labute approximate surface area is 134 Å². The van der Waals surface area contributed by atoms with Gasteiger partial charge in [-0.25, -0.2) is 0 Å². The van der Waals surface area contributed by atoms with Gasteiger partial charge in [0.1, 0.15) is 6.04 Å². The maximum absolute atomic E-state index is 12.2. The molecule has 23 heavy (non-hydrogen) atoms. The zero-order valence-corrected chi connectivity index (χ0v) is 13.3. The fourth-order valence-corrected chi connectivity index (χ4v) is 2.99. The van der Waals surface area contributed by atoms with Crippen LogP contribution in [0.4, 0.5) is 11.4 Å². The van der Waals surface area contributed by atoms with Gasteiger partial charge < -0.3 is 20.4 Å². The van der Waals surface area contributed by atoms with E-state index in [1.54, 1.807) is 26.2 Å². The lowest BCUT2D eigenvalue weighted by molar-refractivity contribution is -0.127. The quantitative estimate of drug-likeness (QED) is 0.847. The number of hydrogen-bond acceptors (Lipinski definition) is 4. The van der Waals surface area contributed by atoms with E-state index in [9.17, 15) is 14.4 Å². The molecule has 1 fully saturated rings. The van der Waals surface area contributed by atoms with Gasteiger partial charge in [0.15, 0.2) is 0 Å². The van der Waals surface area contributed by atoms with Crippen LogP contribution in [0.3, 0.4) is 0 Å². The Kier molecular flexibility index (Phi) is 3.94. The van der Waals surface area contributed by atoms with E-state index in [2.05, 4.69) is 15.5 Å². The van der Waals surface area contributed by atoms with Crippen LogP contribution in [0.1, 0.15) is 23.2 Å². The number of anilines is 2. The minimum absolute atomic E-state index is 0.0182. The number of benzene rings is 1. The molecule has 1 aromatic carbocycles. The number of nitrogens with one attached hydrogen (secondary N) is 2. The Morgan fingerprint density at radius 1 is 1.39 bits per heavy atom. The van der Waals surface area contributed by atoms with Crippen LogP contribution in [0.5, 0.6) is 0 Å². The van der Waals surface area contributed by atoms with Gasteiger partial charge in [0.25, 0.3) is 5.91 Å². The largest absolute Gasteiger partial charge is 0.358 e. The molecular weight excluding hydrogens is 296 g/mol. The fourth-order valence-electron chi connectivity index (χ4n) is 2.99. The predicted molar refractivity (Wildman–Crippen MR) is 86.5 cm³/mol. The van der Waals surface area contributed by atoms with Crippen molar-refractivity contribution in [1.82, 2.24) is 10.2 Å². The highest BCUT2D eigenvalue weighted by molar-refractivity contribution is 6.06. The Bertz CT molecular complexity index is 671. The van der Waals surface area contributed by atoms with Crippen LogP contribution in [0, 0.1) is 0 Å². The van der Waals surface area contributed by atoms with Crippen molar-refractivity contribution in [3.05, 3.63) is 23.8 Å². The molecule has 0 saturated carbocycles. The first kappa shape index (κ1) is 15.3. The first-order chi connectivity index (χ1) is 11.0. The Morgan fingerprint density at radius 2 is 2.17 bits per heavy atom. The number of rotatable bonds is 3. The molecule has 1 saturated heterocycles. The van der Waals surface area contributed by atoms with Crippen molar-refractivity contribution >= 4 is 29.1 Å². The summed E-state index contributed by atoms with van der Waals surface area (Å²) in [6.45, 7) is 0.803. The minimum atomic E-state index is -0.333. The number of carbonyl (C=O) groups is 3. The average molecular weight is 316 g/mol. The highest BCUT2D eigenvalue weighted by atomic mass is 16.2. The van der Waals surface area contributed by atoms with Crippen molar-refractivity contribution in [3.63, 3.8) is 0 Å². The van der Waals surface area contributed by atoms with E-state index in [-0.39, 0.29) is 30.3 Å². The second-order valence-corrected chi connectivity index (χ2v) is 6.04. The molecule has 3 rings (SSSR count). The van der Waals surface area contributed by atoms with E-state index in [0.29, 0.717) is 11.3 Å². The summed E-state index contributed by atoms with van der Waals surface area (Å²) in [5, 5.41) is 5.46. The van der Waals surface area contributed by atoms with Crippen LogP contribution in [-0.4, -0.2) is 55.8 Å². The maximum atomic E-state index is 12.2. The van der Waals surface area contributed by atoms with E-state index in [1.807, 2.05) is 6.07 Å². The third-order valence-corrected chi connectivity index (χ3v) is 4.28. The lowest BCUT2D eigenvalue weighted by Crippen LogP contribution is -2.44. The van der Waals surface area contributed by atoms with Crippen LogP contribution in [-0.2, 0) is 9.59 Å². The monoisotopic (exact) mass is 316 g/mol. The molecule has 2 N–H and O–H groups in total. The van der Waals surface area contributed by atoms with Gasteiger partial charge >= 0.3 is 0 Å². The number of hydrogen-bond donors (Lipinski definition) is 2. The van der Waals surface area contributed by atoms with Gasteiger partial charge in [0, 0.05) is 26.2 Å². The Hall–Kier alpha value is -2.57. The summed E-state index contributed by atoms with van der Waals surface area (Å²) in [5.74, 6) is -0.527. The third kappa shape index (κ3) is 2.86. The number of amides is 3. The molecule has 0 radical (unpaired) electrons. The van der Waals surface area contributed by atoms with E-state index in [1.165, 1.54) is 4.90 Å². The van der Waals surface area contributed by atoms with Crippen molar-refractivity contribution in [1.29, 1.82) is 0 Å². The van der Waals surface area contributed by atoms with Gasteiger partial charge in [-0.1, -0.05) is 0 Å². The molecule has 3 amide bonds. The first-order valence-electron chi connectivity index (χ1n) is 7.67. The molecule has 7 nitrogen and oxygen atoms in total. The van der Waals surface area contributed by atoms with Crippen molar-refractivity contribution in [2.45, 2.75) is 18.9 Å². The van der Waals surface area contributed by atoms with E-state index in [4.69, 9.17) is 0 Å². The molecule has 2 heterocycles. The second kappa shape index (κ2) is 5.91. The van der Waals surface area contributed by atoms with Crippen LogP contribution in [0.25, 0.3) is 0 Å². The number of carbonyl (C=O) groups excluding carboxylic acids is 3. The van der Waals surface area contributed by atoms with Crippen molar-refractivity contribution < 1.29 is 14.4 Å². The third-order valence-electron chi connectivity index (χ3n) is 4.28.